The number of anilines is 1. The molecule has 0 spiro atoms. The van der Waals surface area contributed by atoms with E-state index in [-0.39, 0.29) is 11.7 Å². The maximum atomic E-state index is 12.4. The van der Waals surface area contributed by atoms with Gasteiger partial charge >= 0.3 is 0 Å². The maximum Gasteiger partial charge on any atom is 0.291 e. The van der Waals surface area contributed by atoms with Crippen LogP contribution in [-0.4, -0.2) is 10.9 Å². The van der Waals surface area contributed by atoms with E-state index in [4.69, 9.17) is 8.83 Å². The molecule has 136 valence electrons. The van der Waals surface area contributed by atoms with Crippen molar-refractivity contribution in [2.75, 3.05) is 5.32 Å². The van der Waals surface area contributed by atoms with Crippen molar-refractivity contribution in [3.05, 3.63) is 69.6 Å². The first kappa shape index (κ1) is 17.5. The smallest absolute Gasteiger partial charge is 0.291 e. The second kappa shape index (κ2) is 6.70. The topological polar surface area (TPSA) is 68.3 Å². The lowest BCUT2D eigenvalue weighted by Crippen LogP contribution is -2.12. The number of rotatable bonds is 3. The van der Waals surface area contributed by atoms with E-state index < -0.39 is 0 Å². The van der Waals surface area contributed by atoms with Crippen LogP contribution in [0.15, 0.2) is 56.0 Å². The lowest BCUT2D eigenvalue weighted by atomic mass is 10.1. The van der Waals surface area contributed by atoms with Gasteiger partial charge in [-0.1, -0.05) is 12.1 Å². The number of carbonyl (C=O) groups is 1. The Bertz CT molecular complexity index is 1170. The van der Waals surface area contributed by atoms with Crippen LogP contribution >= 0.6 is 15.9 Å². The summed E-state index contributed by atoms with van der Waals surface area (Å²) in [6, 6.07) is 13.0. The van der Waals surface area contributed by atoms with E-state index >= 15 is 0 Å². The van der Waals surface area contributed by atoms with Crippen LogP contribution in [0.2, 0.25) is 0 Å². The van der Waals surface area contributed by atoms with Gasteiger partial charge in [-0.3, -0.25) is 4.79 Å². The molecular weight excluding hydrogens is 408 g/mol. The first-order valence-corrected chi connectivity index (χ1v) is 9.26. The van der Waals surface area contributed by atoms with Crippen molar-refractivity contribution in [1.29, 1.82) is 0 Å². The van der Waals surface area contributed by atoms with Crippen LogP contribution in [0.1, 0.15) is 27.2 Å². The average Bonchev–Trinajstić information content (AvgIpc) is 3.23. The zero-order valence-corrected chi connectivity index (χ0v) is 16.7. The number of hydrogen-bond donors (Lipinski definition) is 1. The number of aryl methyl sites for hydroxylation is 2. The van der Waals surface area contributed by atoms with Crippen LogP contribution in [0.5, 0.6) is 0 Å². The Hall–Kier alpha value is -2.86. The Morgan fingerprint density at radius 3 is 2.63 bits per heavy atom. The Labute approximate surface area is 164 Å². The number of fused-ring (bicyclic) bond motifs is 1. The predicted octanol–water partition coefficient (Wildman–Crippen LogP) is 6.03. The number of hydrogen-bond acceptors (Lipinski definition) is 4. The van der Waals surface area contributed by atoms with Crippen molar-refractivity contribution in [2.24, 2.45) is 0 Å². The minimum Gasteiger partial charge on any atom is -0.444 e. The number of amides is 1. The van der Waals surface area contributed by atoms with Crippen LogP contribution in [-0.2, 0) is 0 Å². The molecular formula is C21H17BrN2O3. The van der Waals surface area contributed by atoms with Crippen molar-refractivity contribution in [3.63, 3.8) is 0 Å². The van der Waals surface area contributed by atoms with Gasteiger partial charge in [0.2, 0.25) is 5.89 Å². The normalized spacial score (nSPS) is 11.1. The number of furan rings is 1. The molecule has 0 atom stereocenters. The Morgan fingerprint density at radius 2 is 1.89 bits per heavy atom. The minimum atomic E-state index is -0.315. The molecule has 4 aromatic rings. The third-order valence-corrected chi connectivity index (χ3v) is 4.86. The number of halogens is 1. The third kappa shape index (κ3) is 3.28. The predicted molar refractivity (Wildman–Crippen MR) is 108 cm³/mol. The first-order chi connectivity index (χ1) is 12.9. The van der Waals surface area contributed by atoms with Crippen LogP contribution in [0.3, 0.4) is 0 Å². The summed E-state index contributed by atoms with van der Waals surface area (Å²) in [6.07, 6.45) is 0. The average molecular weight is 425 g/mol. The molecule has 2 aromatic heterocycles. The van der Waals surface area contributed by atoms with E-state index in [1.807, 2.05) is 45.0 Å². The molecule has 6 heteroatoms. The van der Waals surface area contributed by atoms with Gasteiger partial charge in [0.1, 0.15) is 5.52 Å². The van der Waals surface area contributed by atoms with E-state index in [1.54, 1.807) is 12.1 Å². The van der Waals surface area contributed by atoms with Gasteiger partial charge in [0, 0.05) is 11.3 Å². The van der Waals surface area contributed by atoms with Crippen molar-refractivity contribution in [3.8, 4) is 11.5 Å². The molecule has 0 radical (unpaired) electrons. The first-order valence-electron chi connectivity index (χ1n) is 8.47. The number of nitrogens with one attached hydrogen (secondary N) is 1. The molecule has 0 aliphatic carbocycles. The largest absolute Gasteiger partial charge is 0.444 e. The van der Waals surface area contributed by atoms with E-state index in [0.717, 1.165) is 33.4 Å². The molecule has 0 aliphatic heterocycles. The molecule has 0 bridgehead atoms. The summed E-state index contributed by atoms with van der Waals surface area (Å²) >= 11 is 3.20. The zero-order valence-electron chi connectivity index (χ0n) is 15.1. The summed E-state index contributed by atoms with van der Waals surface area (Å²) in [7, 11) is 0. The fourth-order valence-electron chi connectivity index (χ4n) is 3.11. The van der Waals surface area contributed by atoms with Gasteiger partial charge in [-0.25, -0.2) is 4.98 Å². The fourth-order valence-corrected chi connectivity index (χ4v) is 3.42. The fraction of sp³-hybridized carbons (Fsp3) is 0.143. The summed E-state index contributed by atoms with van der Waals surface area (Å²) in [5.74, 6) is 0.456. The third-order valence-electron chi connectivity index (χ3n) is 4.43. The van der Waals surface area contributed by atoms with Gasteiger partial charge in [0.05, 0.1) is 0 Å². The number of benzene rings is 2. The molecule has 0 saturated heterocycles. The van der Waals surface area contributed by atoms with Crippen LogP contribution in [0.25, 0.3) is 22.6 Å². The standard InChI is InChI=1S/C21H17BrN2O3/c1-11-9-12(2)19-16(10-11)24-21(27-19)14-5-4-6-15(13(14)3)23-20(25)17-7-8-18(22)26-17/h4-10H,1-3H3,(H,23,25). The Morgan fingerprint density at radius 1 is 1.07 bits per heavy atom. The van der Waals surface area contributed by atoms with Crippen molar-refractivity contribution in [2.45, 2.75) is 20.8 Å². The van der Waals surface area contributed by atoms with Crippen molar-refractivity contribution in [1.82, 2.24) is 4.98 Å². The monoisotopic (exact) mass is 424 g/mol. The second-order valence-corrected chi connectivity index (χ2v) is 7.27. The molecule has 2 aromatic carbocycles. The van der Waals surface area contributed by atoms with Gasteiger partial charge in [0.15, 0.2) is 16.0 Å². The lowest BCUT2D eigenvalue weighted by Gasteiger charge is -2.09. The highest BCUT2D eigenvalue weighted by molar-refractivity contribution is 9.10. The lowest BCUT2D eigenvalue weighted by molar-refractivity contribution is 0.0995. The van der Waals surface area contributed by atoms with Gasteiger partial charge in [0.25, 0.3) is 5.91 Å². The number of oxazole rings is 1. The second-order valence-electron chi connectivity index (χ2n) is 6.49. The van der Waals surface area contributed by atoms with Gasteiger partial charge < -0.3 is 14.2 Å². The quantitative estimate of drug-likeness (QED) is 0.435. The summed E-state index contributed by atoms with van der Waals surface area (Å²) in [5.41, 5.74) is 6.19. The Kier molecular flexibility index (Phi) is 4.36. The molecule has 1 amide bonds. The van der Waals surface area contributed by atoms with E-state index in [9.17, 15) is 4.79 Å². The molecule has 0 saturated carbocycles. The van der Waals surface area contributed by atoms with Crippen molar-refractivity contribution < 1.29 is 13.6 Å². The van der Waals surface area contributed by atoms with Crippen LogP contribution < -0.4 is 5.32 Å². The zero-order chi connectivity index (χ0) is 19.1. The van der Waals surface area contributed by atoms with Crippen molar-refractivity contribution >= 4 is 38.6 Å². The molecule has 0 unspecified atom stereocenters. The van der Waals surface area contributed by atoms with Gasteiger partial charge in [-0.15, -0.1) is 0 Å². The molecule has 2 heterocycles. The summed E-state index contributed by atoms with van der Waals surface area (Å²) in [5, 5.41) is 2.88. The molecule has 0 aliphatic rings. The maximum absolute atomic E-state index is 12.4. The minimum absolute atomic E-state index is 0.236. The molecule has 5 nitrogen and oxygen atoms in total. The molecule has 0 fully saturated rings. The van der Waals surface area contributed by atoms with Gasteiger partial charge in [-0.2, -0.15) is 0 Å². The molecule has 1 N–H and O–H groups in total. The van der Waals surface area contributed by atoms with Crippen LogP contribution in [0.4, 0.5) is 5.69 Å². The highest BCUT2D eigenvalue weighted by Gasteiger charge is 2.17. The van der Waals surface area contributed by atoms with E-state index in [2.05, 4.69) is 32.3 Å². The summed E-state index contributed by atoms with van der Waals surface area (Å²) in [6.45, 7) is 5.97. The summed E-state index contributed by atoms with van der Waals surface area (Å²) < 4.78 is 11.8. The molecule has 4 rings (SSSR count). The highest BCUT2D eigenvalue weighted by Crippen LogP contribution is 2.32. The summed E-state index contributed by atoms with van der Waals surface area (Å²) in [4.78, 5) is 17.0. The van der Waals surface area contributed by atoms with Gasteiger partial charge in [-0.05, 0) is 83.7 Å². The van der Waals surface area contributed by atoms with E-state index in [0.29, 0.717) is 16.2 Å². The number of nitrogens with zero attached hydrogens (tertiary/aromatic N) is 1. The Balaban J connectivity index is 1.72. The highest BCUT2D eigenvalue weighted by atomic mass is 79.9. The number of aromatic nitrogens is 1. The number of carbonyl (C=O) groups excluding carboxylic acids is 1. The van der Waals surface area contributed by atoms with Crippen LogP contribution in [0, 0.1) is 20.8 Å². The SMILES string of the molecule is Cc1cc(C)c2oc(-c3cccc(NC(=O)c4ccc(Br)o4)c3C)nc2c1. The molecule has 27 heavy (non-hydrogen) atoms. The van der Waals surface area contributed by atoms with E-state index in [1.165, 1.54) is 0 Å².